The monoisotopic (exact) mass is 377 g/mol. The summed E-state index contributed by atoms with van der Waals surface area (Å²) < 4.78 is 5.68. The molecule has 138 valence electrons. The number of nitrogens with two attached hydrogens (primary N) is 1. The molecule has 0 aliphatic carbocycles. The van der Waals surface area contributed by atoms with Gasteiger partial charge in [0.2, 0.25) is 5.91 Å². The number of amides is 1. The molecule has 0 saturated carbocycles. The van der Waals surface area contributed by atoms with E-state index in [-0.39, 0.29) is 49.0 Å². The predicted molar refractivity (Wildman–Crippen MR) is 102 cm³/mol. The van der Waals surface area contributed by atoms with Crippen molar-refractivity contribution >= 4 is 30.7 Å². The molecule has 0 aromatic heterocycles. The first-order valence-corrected chi connectivity index (χ1v) is 7.93. The Hall–Kier alpha value is -0.850. The van der Waals surface area contributed by atoms with Crippen LogP contribution in [0.3, 0.4) is 0 Å². The van der Waals surface area contributed by atoms with Crippen LogP contribution in [-0.4, -0.2) is 56.2 Å². The number of carbonyl (C=O) groups excluding carboxylic acids is 1. The molecule has 1 aliphatic rings. The lowest BCUT2D eigenvalue weighted by Crippen LogP contribution is -2.47. The Bertz CT molecular complexity index is 474. The van der Waals surface area contributed by atoms with Gasteiger partial charge in [0.25, 0.3) is 0 Å². The molecule has 0 radical (unpaired) electrons. The number of carbonyl (C=O) groups is 1. The molecule has 3 atom stereocenters. The van der Waals surface area contributed by atoms with Crippen molar-refractivity contribution in [1.82, 2.24) is 10.2 Å². The number of halogens is 2. The van der Waals surface area contributed by atoms with Crippen molar-refractivity contribution in [2.75, 3.05) is 27.2 Å². The first-order valence-electron chi connectivity index (χ1n) is 7.93. The van der Waals surface area contributed by atoms with Crippen LogP contribution in [0.25, 0.3) is 0 Å². The van der Waals surface area contributed by atoms with Crippen LogP contribution >= 0.6 is 24.8 Å². The molecule has 1 heterocycles. The largest absolute Gasteiger partial charge is 0.364 e. The second kappa shape index (κ2) is 11.7. The van der Waals surface area contributed by atoms with Crippen LogP contribution in [0, 0.1) is 0 Å². The molecule has 1 fully saturated rings. The third-order valence-electron chi connectivity index (χ3n) is 3.92. The number of nitrogens with zero attached hydrogens (tertiary/aromatic N) is 1. The van der Waals surface area contributed by atoms with Crippen LogP contribution in [0.5, 0.6) is 0 Å². The zero-order chi connectivity index (χ0) is 15.9. The molecule has 3 N–H and O–H groups in total. The van der Waals surface area contributed by atoms with Gasteiger partial charge < -0.3 is 20.7 Å². The zero-order valence-electron chi connectivity index (χ0n) is 14.3. The highest BCUT2D eigenvalue weighted by molar-refractivity contribution is 5.85. The van der Waals surface area contributed by atoms with Gasteiger partial charge in [-0.3, -0.25) is 4.79 Å². The van der Waals surface area contributed by atoms with Gasteiger partial charge in [-0.15, -0.1) is 24.8 Å². The van der Waals surface area contributed by atoms with E-state index in [1.807, 2.05) is 32.3 Å². The highest BCUT2D eigenvalue weighted by Gasteiger charge is 2.31. The first kappa shape index (κ1) is 23.1. The molecule has 7 heteroatoms. The summed E-state index contributed by atoms with van der Waals surface area (Å²) in [6, 6.07) is 10.3. The van der Waals surface area contributed by atoms with Crippen LogP contribution < -0.4 is 11.1 Å². The summed E-state index contributed by atoms with van der Waals surface area (Å²) in [6.45, 7) is 1.28. The van der Waals surface area contributed by atoms with Gasteiger partial charge in [0.15, 0.2) is 0 Å². The Labute approximate surface area is 157 Å². The number of rotatable bonds is 7. The van der Waals surface area contributed by atoms with Crippen LogP contribution in [-0.2, 0) is 16.0 Å². The van der Waals surface area contributed by atoms with Crippen molar-refractivity contribution in [2.24, 2.45) is 5.73 Å². The van der Waals surface area contributed by atoms with Gasteiger partial charge in [-0.2, -0.15) is 0 Å². The van der Waals surface area contributed by atoms with Crippen LogP contribution in [0.15, 0.2) is 30.3 Å². The predicted octanol–water partition coefficient (Wildman–Crippen LogP) is 1.63. The molecule has 1 aromatic rings. The number of likely N-dealkylation sites (N-methyl/N-ethyl adjacent to an activating group) is 1. The van der Waals surface area contributed by atoms with E-state index < -0.39 is 0 Å². The van der Waals surface area contributed by atoms with Crippen LogP contribution in [0.4, 0.5) is 0 Å². The third kappa shape index (κ3) is 7.36. The summed E-state index contributed by atoms with van der Waals surface area (Å²) in [7, 11) is 4.03. The van der Waals surface area contributed by atoms with Gasteiger partial charge in [-0.05, 0) is 38.9 Å². The minimum Gasteiger partial charge on any atom is -0.364 e. The van der Waals surface area contributed by atoms with E-state index >= 15 is 0 Å². The second-order valence-electron chi connectivity index (χ2n) is 6.22. The highest BCUT2D eigenvalue weighted by atomic mass is 35.5. The Kier molecular flexibility index (Phi) is 11.2. The van der Waals surface area contributed by atoms with Crippen molar-refractivity contribution in [2.45, 2.75) is 37.5 Å². The number of hydrogen-bond donors (Lipinski definition) is 2. The van der Waals surface area contributed by atoms with E-state index in [2.05, 4.69) is 22.3 Å². The molecule has 1 unspecified atom stereocenters. The Morgan fingerprint density at radius 3 is 2.50 bits per heavy atom. The van der Waals surface area contributed by atoms with Gasteiger partial charge in [0.1, 0.15) is 6.10 Å². The SMILES string of the molecule is CN(C)CC(Cc1ccccc1)NC(=O)[C@@H]1CC[C@H](CN)O1.Cl.Cl. The fourth-order valence-corrected chi connectivity index (χ4v) is 2.87. The summed E-state index contributed by atoms with van der Waals surface area (Å²) in [5.74, 6) is -0.0151. The van der Waals surface area contributed by atoms with Gasteiger partial charge in [-0.25, -0.2) is 0 Å². The summed E-state index contributed by atoms with van der Waals surface area (Å²) >= 11 is 0. The van der Waals surface area contributed by atoms with Crippen molar-refractivity contribution < 1.29 is 9.53 Å². The molecule has 5 nitrogen and oxygen atoms in total. The summed E-state index contributed by atoms with van der Waals surface area (Å²) in [4.78, 5) is 14.5. The standard InChI is InChI=1S/C17H27N3O2.2ClH/c1-20(2)12-14(10-13-6-4-3-5-7-13)19-17(21)16-9-8-15(11-18)22-16;;/h3-7,14-16H,8-12,18H2,1-2H3,(H,19,21);2*1H/t14?,15-,16+;;/m1../s1. The van der Waals surface area contributed by atoms with Crippen LogP contribution in [0.1, 0.15) is 18.4 Å². The van der Waals surface area contributed by atoms with Gasteiger partial charge in [0.05, 0.1) is 6.10 Å². The lowest BCUT2D eigenvalue weighted by Gasteiger charge is -2.24. The fraction of sp³-hybridized carbons (Fsp3) is 0.588. The Balaban J connectivity index is 0.00000264. The maximum atomic E-state index is 12.4. The van der Waals surface area contributed by atoms with Gasteiger partial charge >= 0.3 is 0 Å². The molecule has 2 rings (SSSR count). The van der Waals surface area contributed by atoms with Crippen molar-refractivity contribution in [3.63, 3.8) is 0 Å². The number of benzene rings is 1. The smallest absolute Gasteiger partial charge is 0.249 e. The van der Waals surface area contributed by atoms with Crippen LogP contribution in [0.2, 0.25) is 0 Å². The molecular formula is C17H29Cl2N3O2. The summed E-state index contributed by atoms with van der Waals surface area (Å²) in [6.07, 6.45) is 2.11. The Morgan fingerprint density at radius 2 is 1.96 bits per heavy atom. The second-order valence-corrected chi connectivity index (χ2v) is 6.22. The minimum absolute atomic E-state index is 0. The van der Waals surface area contributed by atoms with Crippen molar-refractivity contribution in [1.29, 1.82) is 0 Å². The summed E-state index contributed by atoms with van der Waals surface area (Å²) in [5, 5.41) is 3.14. The fourth-order valence-electron chi connectivity index (χ4n) is 2.87. The maximum Gasteiger partial charge on any atom is 0.249 e. The molecule has 1 aromatic carbocycles. The lowest BCUT2D eigenvalue weighted by atomic mass is 10.0. The maximum absolute atomic E-state index is 12.4. The van der Waals surface area contributed by atoms with E-state index in [1.54, 1.807) is 0 Å². The normalized spacial score (nSPS) is 20.8. The van der Waals surface area contributed by atoms with E-state index in [0.29, 0.717) is 6.54 Å². The first-order chi connectivity index (χ1) is 10.6. The quantitative estimate of drug-likeness (QED) is 0.757. The van der Waals surface area contributed by atoms with Gasteiger partial charge in [0, 0.05) is 19.1 Å². The average molecular weight is 378 g/mol. The molecule has 24 heavy (non-hydrogen) atoms. The van der Waals surface area contributed by atoms with Crippen molar-refractivity contribution in [3.05, 3.63) is 35.9 Å². The van der Waals surface area contributed by atoms with E-state index in [0.717, 1.165) is 25.8 Å². The number of nitrogens with one attached hydrogen (secondary N) is 1. The van der Waals surface area contributed by atoms with E-state index in [9.17, 15) is 4.79 Å². The average Bonchev–Trinajstić information content (AvgIpc) is 2.96. The molecule has 0 bridgehead atoms. The highest BCUT2D eigenvalue weighted by Crippen LogP contribution is 2.19. The molecule has 1 amide bonds. The molecule has 0 spiro atoms. The molecule has 1 saturated heterocycles. The summed E-state index contributed by atoms with van der Waals surface area (Å²) in [5.41, 5.74) is 6.83. The zero-order valence-corrected chi connectivity index (χ0v) is 15.9. The third-order valence-corrected chi connectivity index (χ3v) is 3.92. The number of hydrogen-bond acceptors (Lipinski definition) is 4. The number of ether oxygens (including phenoxy) is 1. The minimum atomic E-state index is -0.353. The molecule has 1 aliphatic heterocycles. The molecular weight excluding hydrogens is 349 g/mol. The van der Waals surface area contributed by atoms with E-state index in [1.165, 1.54) is 5.56 Å². The van der Waals surface area contributed by atoms with Crippen molar-refractivity contribution in [3.8, 4) is 0 Å². The lowest BCUT2D eigenvalue weighted by molar-refractivity contribution is -0.132. The topological polar surface area (TPSA) is 67.6 Å². The Morgan fingerprint density at radius 1 is 1.29 bits per heavy atom. The van der Waals surface area contributed by atoms with Gasteiger partial charge in [-0.1, -0.05) is 30.3 Å². The van der Waals surface area contributed by atoms with E-state index in [4.69, 9.17) is 10.5 Å².